The molecule has 21 heavy (non-hydrogen) atoms. The molecule has 3 aromatic heterocycles. The maximum absolute atomic E-state index is 5.59. The maximum atomic E-state index is 5.59. The van der Waals surface area contributed by atoms with Crippen molar-refractivity contribution in [1.29, 1.82) is 0 Å². The lowest BCUT2D eigenvalue weighted by Gasteiger charge is -2.09. The average molecular weight is 284 g/mol. The SMILES string of the molecule is Cc1cc(NCCCOc2cccnc2)c2nncn2n1. The van der Waals surface area contributed by atoms with Crippen molar-refractivity contribution < 1.29 is 4.74 Å². The lowest BCUT2D eigenvalue weighted by Crippen LogP contribution is -2.09. The van der Waals surface area contributed by atoms with Crippen LogP contribution in [0.3, 0.4) is 0 Å². The number of pyridine rings is 1. The van der Waals surface area contributed by atoms with E-state index >= 15 is 0 Å². The average Bonchev–Trinajstić information content (AvgIpc) is 2.96. The lowest BCUT2D eigenvalue weighted by atomic mass is 10.3. The second-order valence-corrected chi connectivity index (χ2v) is 4.62. The van der Waals surface area contributed by atoms with Gasteiger partial charge in [-0.3, -0.25) is 4.98 Å². The molecule has 1 N–H and O–H groups in total. The molecule has 3 heterocycles. The maximum Gasteiger partial charge on any atom is 0.200 e. The molecule has 0 bridgehead atoms. The van der Waals surface area contributed by atoms with Crippen molar-refractivity contribution in [2.75, 3.05) is 18.5 Å². The van der Waals surface area contributed by atoms with Crippen molar-refractivity contribution >= 4 is 11.3 Å². The molecule has 0 amide bonds. The highest BCUT2D eigenvalue weighted by Crippen LogP contribution is 2.14. The van der Waals surface area contributed by atoms with Crippen molar-refractivity contribution in [3.63, 3.8) is 0 Å². The highest BCUT2D eigenvalue weighted by atomic mass is 16.5. The van der Waals surface area contributed by atoms with Crippen LogP contribution >= 0.6 is 0 Å². The Morgan fingerprint density at radius 1 is 1.38 bits per heavy atom. The zero-order chi connectivity index (χ0) is 14.5. The summed E-state index contributed by atoms with van der Waals surface area (Å²) in [6, 6.07) is 5.72. The molecule has 0 aliphatic carbocycles. The van der Waals surface area contributed by atoms with Gasteiger partial charge in [-0.1, -0.05) is 0 Å². The molecule has 0 aliphatic rings. The van der Waals surface area contributed by atoms with Crippen molar-refractivity contribution in [3.05, 3.63) is 42.6 Å². The number of hydrogen-bond acceptors (Lipinski definition) is 6. The minimum absolute atomic E-state index is 0.631. The van der Waals surface area contributed by atoms with E-state index in [9.17, 15) is 0 Å². The summed E-state index contributed by atoms with van der Waals surface area (Å²) in [5.74, 6) is 0.789. The van der Waals surface area contributed by atoms with Gasteiger partial charge in [0.1, 0.15) is 12.1 Å². The number of aromatic nitrogens is 5. The van der Waals surface area contributed by atoms with Gasteiger partial charge >= 0.3 is 0 Å². The molecule has 0 fully saturated rings. The molecule has 3 aromatic rings. The quantitative estimate of drug-likeness (QED) is 0.694. The summed E-state index contributed by atoms with van der Waals surface area (Å²) in [5.41, 5.74) is 2.58. The van der Waals surface area contributed by atoms with Gasteiger partial charge < -0.3 is 10.1 Å². The van der Waals surface area contributed by atoms with E-state index in [1.165, 1.54) is 0 Å². The predicted molar refractivity (Wildman–Crippen MR) is 78.4 cm³/mol. The van der Waals surface area contributed by atoms with Crippen molar-refractivity contribution in [3.8, 4) is 5.75 Å². The second kappa shape index (κ2) is 6.17. The Bertz CT molecular complexity index is 712. The molecular formula is C14H16N6O. The van der Waals surface area contributed by atoms with Crippen LogP contribution in [-0.2, 0) is 0 Å². The van der Waals surface area contributed by atoms with Gasteiger partial charge in [-0.2, -0.15) is 9.61 Å². The van der Waals surface area contributed by atoms with E-state index in [4.69, 9.17) is 4.74 Å². The third-order valence-corrected chi connectivity index (χ3v) is 2.93. The van der Waals surface area contributed by atoms with E-state index in [-0.39, 0.29) is 0 Å². The van der Waals surface area contributed by atoms with Gasteiger partial charge in [-0.05, 0) is 31.5 Å². The fourth-order valence-electron chi connectivity index (χ4n) is 2.00. The molecule has 0 atom stereocenters. The Hall–Kier alpha value is -2.70. The van der Waals surface area contributed by atoms with Crippen molar-refractivity contribution in [2.24, 2.45) is 0 Å². The lowest BCUT2D eigenvalue weighted by molar-refractivity contribution is 0.314. The van der Waals surface area contributed by atoms with Crippen molar-refractivity contribution in [2.45, 2.75) is 13.3 Å². The summed E-state index contributed by atoms with van der Waals surface area (Å²) in [7, 11) is 0. The second-order valence-electron chi connectivity index (χ2n) is 4.62. The molecule has 0 aromatic carbocycles. The summed E-state index contributed by atoms with van der Waals surface area (Å²) in [5, 5.41) is 15.6. The Morgan fingerprint density at radius 3 is 3.19 bits per heavy atom. The number of ether oxygens (including phenoxy) is 1. The molecule has 0 saturated carbocycles. The number of nitrogens with zero attached hydrogens (tertiary/aromatic N) is 5. The van der Waals surface area contributed by atoms with Crippen LogP contribution in [0.5, 0.6) is 5.75 Å². The van der Waals surface area contributed by atoms with Crippen LogP contribution in [0.15, 0.2) is 36.9 Å². The standard InChI is InChI=1S/C14H16N6O/c1-11-8-13(14-18-17-10-20(14)19-11)16-6-3-7-21-12-4-2-5-15-9-12/h2,4-5,8-10,16H,3,6-7H2,1H3. The fraction of sp³-hybridized carbons (Fsp3) is 0.286. The van der Waals surface area contributed by atoms with E-state index in [2.05, 4.69) is 25.6 Å². The molecule has 0 unspecified atom stereocenters. The van der Waals surface area contributed by atoms with Gasteiger partial charge in [0.15, 0.2) is 0 Å². The molecule has 0 radical (unpaired) electrons. The Kier molecular flexibility index (Phi) is 3.90. The van der Waals surface area contributed by atoms with E-state index in [0.29, 0.717) is 6.61 Å². The number of nitrogens with one attached hydrogen (secondary N) is 1. The molecule has 0 spiro atoms. The van der Waals surface area contributed by atoms with E-state index in [1.807, 2.05) is 25.1 Å². The van der Waals surface area contributed by atoms with Gasteiger partial charge in [0.25, 0.3) is 0 Å². The van der Waals surface area contributed by atoms with Gasteiger partial charge in [0.05, 0.1) is 24.2 Å². The van der Waals surface area contributed by atoms with E-state index in [1.54, 1.807) is 23.2 Å². The minimum Gasteiger partial charge on any atom is -0.492 e. The smallest absolute Gasteiger partial charge is 0.200 e. The molecule has 7 heteroatoms. The molecule has 7 nitrogen and oxygen atoms in total. The first-order valence-corrected chi connectivity index (χ1v) is 6.77. The van der Waals surface area contributed by atoms with Crippen LogP contribution in [0.25, 0.3) is 5.65 Å². The first-order chi connectivity index (χ1) is 10.3. The Labute approximate surface area is 122 Å². The van der Waals surface area contributed by atoms with Gasteiger partial charge in [-0.15, -0.1) is 10.2 Å². The van der Waals surface area contributed by atoms with Crippen molar-refractivity contribution in [1.82, 2.24) is 24.8 Å². The number of fused-ring (bicyclic) bond motifs is 1. The summed E-state index contributed by atoms with van der Waals surface area (Å²) in [6.07, 6.45) is 5.90. The van der Waals surface area contributed by atoms with Crippen LogP contribution in [0, 0.1) is 6.92 Å². The third kappa shape index (κ3) is 3.25. The van der Waals surface area contributed by atoms with Gasteiger partial charge in [0, 0.05) is 12.7 Å². The summed E-state index contributed by atoms with van der Waals surface area (Å²) >= 11 is 0. The molecule has 3 rings (SSSR count). The zero-order valence-electron chi connectivity index (χ0n) is 11.7. The summed E-state index contributed by atoms with van der Waals surface area (Å²) in [6.45, 7) is 3.36. The van der Waals surface area contributed by atoms with Crippen LogP contribution in [0.4, 0.5) is 5.69 Å². The third-order valence-electron chi connectivity index (χ3n) is 2.93. The Morgan fingerprint density at radius 2 is 2.33 bits per heavy atom. The topological polar surface area (TPSA) is 77.2 Å². The largest absolute Gasteiger partial charge is 0.492 e. The highest BCUT2D eigenvalue weighted by Gasteiger charge is 2.05. The van der Waals surface area contributed by atoms with Gasteiger partial charge in [-0.25, -0.2) is 0 Å². The van der Waals surface area contributed by atoms with Crippen LogP contribution in [0.1, 0.15) is 12.1 Å². The van der Waals surface area contributed by atoms with Crippen LogP contribution < -0.4 is 10.1 Å². The molecular weight excluding hydrogens is 268 g/mol. The number of rotatable bonds is 6. The number of anilines is 1. The molecule has 0 aliphatic heterocycles. The van der Waals surface area contributed by atoms with Crippen LogP contribution in [-0.4, -0.2) is 37.9 Å². The first kappa shape index (κ1) is 13.3. The summed E-state index contributed by atoms with van der Waals surface area (Å²) < 4.78 is 7.26. The van der Waals surface area contributed by atoms with Gasteiger partial charge in [0.2, 0.25) is 5.65 Å². The van der Waals surface area contributed by atoms with Crippen LogP contribution in [0.2, 0.25) is 0 Å². The minimum atomic E-state index is 0.631. The van der Waals surface area contributed by atoms with E-state index in [0.717, 1.165) is 35.7 Å². The number of hydrogen-bond donors (Lipinski definition) is 1. The van der Waals surface area contributed by atoms with E-state index < -0.39 is 0 Å². The molecule has 0 saturated heterocycles. The normalized spacial score (nSPS) is 10.7. The highest BCUT2D eigenvalue weighted by molar-refractivity contribution is 5.66. The Balaban J connectivity index is 1.52. The zero-order valence-corrected chi connectivity index (χ0v) is 11.7. The predicted octanol–water partition coefficient (Wildman–Crippen LogP) is 1.71. The fourth-order valence-corrected chi connectivity index (χ4v) is 2.00. The molecule has 108 valence electrons. The number of aryl methyl sites for hydroxylation is 1. The first-order valence-electron chi connectivity index (χ1n) is 6.77. The monoisotopic (exact) mass is 284 g/mol. The summed E-state index contributed by atoms with van der Waals surface area (Å²) in [4.78, 5) is 4.00.